The average Bonchev–Trinajstić information content (AvgIpc) is 3.63. The molecule has 2 saturated heterocycles. The third kappa shape index (κ3) is 5.57. The van der Waals surface area contributed by atoms with Crippen LogP contribution < -0.4 is 16.0 Å². The van der Waals surface area contributed by atoms with Gasteiger partial charge in [0, 0.05) is 49.6 Å². The fraction of sp³-hybridized carbons (Fsp3) is 0.536. The molecule has 2 aliphatic heterocycles. The van der Waals surface area contributed by atoms with E-state index in [1.807, 2.05) is 35.8 Å². The maximum Gasteiger partial charge on any atom is 0.251 e. The molecular formula is C28H36N6O3. The molecule has 0 spiro atoms. The van der Waals surface area contributed by atoms with Crippen LogP contribution in [0.25, 0.3) is 16.8 Å². The van der Waals surface area contributed by atoms with E-state index in [1.54, 1.807) is 0 Å². The molecule has 6 rings (SSSR count). The van der Waals surface area contributed by atoms with E-state index in [0.29, 0.717) is 18.6 Å². The molecule has 1 saturated carbocycles. The van der Waals surface area contributed by atoms with Crippen LogP contribution in [0.4, 0.5) is 11.6 Å². The molecule has 9 nitrogen and oxygen atoms in total. The molecule has 3 aliphatic rings. The molecule has 1 atom stereocenters. The van der Waals surface area contributed by atoms with Gasteiger partial charge in [0.2, 0.25) is 0 Å². The predicted octanol–water partition coefficient (Wildman–Crippen LogP) is 4.03. The zero-order chi connectivity index (χ0) is 25.2. The number of carbonyl (C=O) groups is 1. The highest BCUT2D eigenvalue weighted by Gasteiger charge is 2.25. The van der Waals surface area contributed by atoms with E-state index < -0.39 is 0 Å². The van der Waals surface area contributed by atoms with Crippen LogP contribution in [0.15, 0.2) is 30.5 Å². The van der Waals surface area contributed by atoms with E-state index >= 15 is 0 Å². The molecule has 4 heterocycles. The average molecular weight is 505 g/mol. The minimum atomic E-state index is 0.00493. The van der Waals surface area contributed by atoms with Gasteiger partial charge in [0.25, 0.3) is 5.91 Å². The van der Waals surface area contributed by atoms with Crippen LogP contribution in [0.1, 0.15) is 54.4 Å². The molecule has 1 amide bonds. The number of amides is 1. The monoisotopic (exact) mass is 504 g/mol. The van der Waals surface area contributed by atoms with Gasteiger partial charge >= 0.3 is 0 Å². The van der Waals surface area contributed by atoms with Gasteiger partial charge in [-0.2, -0.15) is 9.61 Å². The van der Waals surface area contributed by atoms with Crippen molar-refractivity contribution < 1.29 is 14.3 Å². The summed E-state index contributed by atoms with van der Waals surface area (Å²) in [7, 11) is 0. The van der Waals surface area contributed by atoms with Gasteiger partial charge < -0.3 is 25.4 Å². The summed E-state index contributed by atoms with van der Waals surface area (Å²) in [5, 5.41) is 15.0. The van der Waals surface area contributed by atoms with E-state index in [1.165, 1.54) is 0 Å². The Morgan fingerprint density at radius 2 is 1.92 bits per heavy atom. The first kappa shape index (κ1) is 24.2. The van der Waals surface area contributed by atoms with Crippen LogP contribution in [-0.4, -0.2) is 65.6 Å². The van der Waals surface area contributed by atoms with Crippen molar-refractivity contribution >= 4 is 23.2 Å². The van der Waals surface area contributed by atoms with Crippen LogP contribution in [0.3, 0.4) is 0 Å². The molecule has 2 aromatic heterocycles. The lowest BCUT2D eigenvalue weighted by molar-refractivity contribution is 0.0699. The number of hydrogen-bond acceptors (Lipinski definition) is 7. The second-order valence-corrected chi connectivity index (χ2v) is 10.6. The third-order valence-electron chi connectivity index (χ3n) is 7.59. The molecule has 1 aromatic carbocycles. The predicted molar refractivity (Wildman–Crippen MR) is 143 cm³/mol. The van der Waals surface area contributed by atoms with Gasteiger partial charge in [0.15, 0.2) is 5.65 Å². The Morgan fingerprint density at radius 3 is 2.68 bits per heavy atom. The molecule has 37 heavy (non-hydrogen) atoms. The van der Waals surface area contributed by atoms with E-state index in [2.05, 4.69) is 22.0 Å². The number of rotatable bonds is 8. The molecule has 3 N–H and O–H groups in total. The Balaban J connectivity index is 1.31. The molecule has 1 aliphatic carbocycles. The highest BCUT2D eigenvalue weighted by molar-refractivity contribution is 5.97. The van der Waals surface area contributed by atoms with Gasteiger partial charge in [-0.3, -0.25) is 4.79 Å². The van der Waals surface area contributed by atoms with Gasteiger partial charge in [-0.15, -0.1) is 0 Å². The molecule has 0 bridgehead atoms. The summed E-state index contributed by atoms with van der Waals surface area (Å²) in [5.41, 5.74) is 4.39. The maximum atomic E-state index is 12.6. The Kier molecular flexibility index (Phi) is 6.97. The zero-order valence-corrected chi connectivity index (χ0v) is 21.5. The lowest BCUT2D eigenvalue weighted by atomic mass is 10.0. The highest BCUT2D eigenvalue weighted by atomic mass is 16.5. The highest BCUT2D eigenvalue weighted by Crippen LogP contribution is 2.30. The summed E-state index contributed by atoms with van der Waals surface area (Å²) in [6, 6.07) is 8.60. The van der Waals surface area contributed by atoms with E-state index in [-0.39, 0.29) is 11.9 Å². The Hall–Kier alpha value is -3.17. The largest absolute Gasteiger partial charge is 0.381 e. The van der Waals surface area contributed by atoms with Gasteiger partial charge in [-0.25, -0.2) is 4.98 Å². The number of nitrogens with zero attached hydrogens (tertiary/aromatic N) is 3. The smallest absolute Gasteiger partial charge is 0.251 e. The first-order chi connectivity index (χ1) is 18.1. The number of ether oxygens (including phenoxy) is 2. The van der Waals surface area contributed by atoms with Gasteiger partial charge in [-0.1, -0.05) is 12.1 Å². The van der Waals surface area contributed by atoms with E-state index in [0.717, 1.165) is 104 Å². The van der Waals surface area contributed by atoms with E-state index in [4.69, 9.17) is 19.6 Å². The first-order valence-corrected chi connectivity index (χ1v) is 13.6. The number of nitrogens with one attached hydrogen (secondary N) is 3. The molecule has 196 valence electrons. The molecule has 3 fully saturated rings. The number of fused-ring (bicyclic) bond motifs is 1. The second kappa shape index (κ2) is 10.7. The summed E-state index contributed by atoms with van der Waals surface area (Å²) in [6.07, 6.45) is 8.26. The van der Waals surface area contributed by atoms with Crippen LogP contribution in [-0.2, 0) is 9.47 Å². The van der Waals surface area contributed by atoms with Crippen molar-refractivity contribution in [3.05, 3.63) is 41.6 Å². The van der Waals surface area contributed by atoms with Gasteiger partial charge in [0.1, 0.15) is 11.6 Å². The molecule has 0 unspecified atom stereocenters. The van der Waals surface area contributed by atoms with Crippen molar-refractivity contribution in [2.24, 2.45) is 5.92 Å². The van der Waals surface area contributed by atoms with Crippen LogP contribution in [0, 0.1) is 12.8 Å². The minimum Gasteiger partial charge on any atom is -0.381 e. The van der Waals surface area contributed by atoms with Crippen LogP contribution >= 0.6 is 0 Å². The summed E-state index contributed by atoms with van der Waals surface area (Å²) in [5.74, 6) is 2.31. The Morgan fingerprint density at radius 1 is 1.05 bits per heavy atom. The van der Waals surface area contributed by atoms with Gasteiger partial charge in [0.05, 0.1) is 18.8 Å². The van der Waals surface area contributed by atoms with Crippen molar-refractivity contribution in [2.45, 2.75) is 57.5 Å². The number of carbonyl (C=O) groups excluding carboxylic acids is 1. The van der Waals surface area contributed by atoms with E-state index in [9.17, 15) is 4.79 Å². The zero-order valence-electron chi connectivity index (χ0n) is 21.5. The van der Waals surface area contributed by atoms with Crippen LogP contribution in [0.2, 0.25) is 0 Å². The fourth-order valence-electron chi connectivity index (χ4n) is 5.21. The quantitative estimate of drug-likeness (QED) is 0.426. The SMILES string of the molecule is Cc1cc(-c2cnn3c(NCC4CCOCC4)cc(N[C@@H]4CCCOC4)nc23)ccc1C(=O)NC1CC1. The number of hydrogen-bond donors (Lipinski definition) is 3. The minimum absolute atomic E-state index is 0.00493. The number of anilines is 2. The second-order valence-electron chi connectivity index (χ2n) is 10.6. The number of aryl methyl sites for hydroxylation is 1. The summed E-state index contributed by atoms with van der Waals surface area (Å²) in [4.78, 5) is 17.6. The lowest BCUT2D eigenvalue weighted by Gasteiger charge is -2.25. The summed E-state index contributed by atoms with van der Waals surface area (Å²) in [6.45, 7) is 6.02. The van der Waals surface area contributed by atoms with Crippen LogP contribution in [0.5, 0.6) is 0 Å². The standard InChI is InChI=1S/C28H36N6O3/c1-18-13-20(4-7-23(18)28(35)32-21-5-6-21)24-16-30-34-26(29-15-19-8-11-36-12-9-19)14-25(33-27(24)34)31-22-3-2-10-37-17-22/h4,7,13-14,16,19,21-22,29H,2-3,5-6,8-12,15,17H2,1H3,(H,31,33)(H,32,35)/t22-/m1/s1. The molecular weight excluding hydrogens is 468 g/mol. The topological polar surface area (TPSA) is 102 Å². The number of aromatic nitrogens is 3. The Bertz CT molecular complexity index is 1260. The van der Waals surface area contributed by atoms with Crippen molar-refractivity contribution in [3.63, 3.8) is 0 Å². The Labute approximate surface area is 217 Å². The maximum absolute atomic E-state index is 12.6. The van der Waals surface area contributed by atoms with Crippen molar-refractivity contribution in [1.82, 2.24) is 19.9 Å². The third-order valence-corrected chi connectivity index (χ3v) is 7.59. The first-order valence-electron chi connectivity index (χ1n) is 13.6. The normalized spacial score (nSPS) is 20.6. The summed E-state index contributed by atoms with van der Waals surface area (Å²) >= 11 is 0. The number of benzene rings is 1. The molecule has 3 aromatic rings. The van der Waals surface area contributed by atoms with Crippen molar-refractivity contribution in [3.8, 4) is 11.1 Å². The lowest BCUT2D eigenvalue weighted by Crippen LogP contribution is -2.30. The van der Waals surface area contributed by atoms with Crippen molar-refractivity contribution in [2.75, 3.05) is 43.6 Å². The fourth-order valence-corrected chi connectivity index (χ4v) is 5.21. The molecule has 9 heteroatoms. The molecule has 0 radical (unpaired) electrons. The summed E-state index contributed by atoms with van der Waals surface area (Å²) < 4.78 is 13.1. The van der Waals surface area contributed by atoms with Gasteiger partial charge in [-0.05, 0) is 68.6 Å². The van der Waals surface area contributed by atoms with Crippen molar-refractivity contribution in [1.29, 1.82) is 0 Å².